The first-order valence-corrected chi connectivity index (χ1v) is 7.55. The number of hydrogen-bond acceptors (Lipinski definition) is 4. The van der Waals surface area contributed by atoms with E-state index < -0.39 is 6.04 Å². The minimum absolute atomic E-state index is 0.133. The van der Waals surface area contributed by atoms with E-state index >= 15 is 0 Å². The third-order valence-corrected chi connectivity index (χ3v) is 3.87. The van der Waals surface area contributed by atoms with Crippen molar-refractivity contribution in [2.24, 2.45) is 0 Å². The predicted octanol–water partition coefficient (Wildman–Crippen LogP) is 1.25. The van der Waals surface area contributed by atoms with E-state index in [2.05, 4.69) is 24.1 Å². The molecule has 0 aliphatic carbocycles. The van der Waals surface area contributed by atoms with Gasteiger partial charge < -0.3 is 10.2 Å². The molecule has 1 heterocycles. The zero-order chi connectivity index (χ0) is 15.2. The first-order valence-electron chi connectivity index (χ1n) is 7.55. The molecule has 5 nitrogen and oxygen atoms in total. The normalized spacial score (nSPS) is 18.8. The number of nitrogens with one attached hydrogen (secondary N) is 1. The molecule has 21 heavy (non-hydrogen) atoms. The molecule has 1 unspecified atom stereocenters. The molecule has 0 spiro atoms. The third kappa shape index (κ3) is 3.68. The lowest BCUT2D eigenvalue weighted by molar-refractivity contribution is -0.121. The maximum atomic E-state index is 12.4. The Balaban J connectivity index is 1.93. The topological polar surface area (TPSA) is 52.7 Å². The fourth-order valence-electron chi connectivity index (χ4n) is 2.58. The average Bonchev–Trinajstić information content (AvgIpc) is 2.79. The van der Waals surface area contributed by atoms with Crippen LogP contribution >= 0.6 is 0 Å². The minimum Gasteiger partial charge on any atom is -0.304 e. The third-order valence-electron chi connectivity index (χ3n) is 3.87. The van der Waals surface area contributed by atoms with Crippen molar-refractivity contribution >= 4 is 17.5 Å². The summed E-state index contributed by atoms with van der Waals surface area (Å²) in [6, 6.07) is 8.71. The van der Waals surface area contributed by atoms with Crippen LogP contribution in [0.4, 0.5) is 5.69 Å². The van der Waals surface area contributed by atoms with E-state index in [1.54, 1.807) is 12.1 Å². The second-order valence-electron chi connectivity index (χ2n) is 5.14. The summed E-state index contributed by atoms with van der Waals surface area (Å²) in [5, 5.41) is 3.21. The van der Waals surface area contributed by atoms with Gasteiger partial charge in [-0.1, -0.05) is 32.0 Å². The number of para-hydroxylation sites is 1. The Morgan fingerprint density at radius 1 is 1.19 bits per heavy atom. The summed E-state index contributed by atoms with van der Waals surface area (Å²) in [5.41, 5.74) is 0.653. The van der Waals surface area contributed by atoms with Crippen LogP contribution < -0.4 is 10.2 Å². The highest BCUT2D eigenvalue weighted by Gasteiger charge is 2.38. The number of imide groups is 1. The summed E-state index contributed by atoms with van der Waals surface area (Å²) in [7, 11) is 0. The Bertz CT molecular complexity index is 486. The van der Waals surface area contributed by atoms with Gasteiger partial charge in [-0.2, -0.15) is 0 Å². The molecule has 1 aromatic rings. The molecule has 1 saturated heterocycles. The number of benzene rings is 1. The van der Waals surface area contributed by atoms with Crippen LogP contribution in [-0.2, 0) is 9.59 Å². The van der Waals surface area contributed by atoms with Crippen LogP contribution in [0.1, 0.15) is 20.3 Å². The molecule has 0 aromatic heterocycles. The van der Waals surface area contributed by atoms with Gasteiger partial charge in [0.2, 0.25) is 5.91 Å². The molecular weight excluding hydrogens is 266 g/mol. The van der Waals surface area contributed by atoms with Gasteiger partial charge in [0.25, 0.3) is 5.91 Å². The Morgan fingerprint density at radius 3 is 2.48 bits per heavy atom. The van der Waals surface area contributed by atoms with Gasteiger partial charge in [0.1, 0.15) is 0 Å². The number of likely N-dealkylation sites (N-methyl/N-ethyl adjacent to an activating group) is 1. The van der Waals surface area contributed by atoms with Gasteiger partial charge in [0.15, 0.2) is 0 Å². The summed E-state index contributed by atoms with van der Waals surface area (Å²) in [6.45, 7) is 7.82. The van der Waals surface area contributed by atoms with E-state index in [1.807, 2.05) is 18.2 Å². The van der Waals surface area contributed by atoms with Crippen LogP contribution in [0, 0.1) is 0 Å². The molecule has 2 amide bonds. The van der Waals surface area contributed by atoms with Crippen molar-refractivity contribution in [2.75, 3.05) is 31.1 Å². The van der Waals surface area contributed by atoms with Crippen LogP contribution in [0.15, 0.2) is 30.3 Å². The van der Waals surface area contributed by atoms with Crippen molar-refractivity contribution in [3.8, 4) is 0 Å². The highest BCUT2D eigenvalue weighted by Crippen LogP contribution is 2.22. The maximum Gasteiger partial charge on any atom is 0.251 e. The molecule has 2 rings (SSSR count). The van der Waals surface area contributed by atoms with Gasteiger partial charge in [-0.05, 0) is 25.2 Å². The van der Waals surface area contributed by atoms with E-state index in [-0.39, 0.29) is 18.2 Å². The van der Waals surface area contributed by atoms with E-state index in [9.17, 15) is 9.59 Å². The molecule has 0 saturated carbocycles. The molecular formula is C16H23N3O2. The highest BCUT2D eigenvalue weighted by atomic mass is 16.2. The summed E-state index contributed by atoms with van der Waals surface area (Å²) in [5.74, 6) is -0.280. The standard InChI is InChI=1S/C16H23N3O2/c1-3-18(4-2)11-10-17-14-12-15(20)19(16(14)21)13-8-6-5-7-9-13/h5-9,14,17H,3-4,10-12H2,1-2H3. The molecule has 1 aliphatic heterocycles. The molecule has 1 aliphatic rings. The van der Waals surface area contributed by atoms with Gasteiger partial charge in [-0.15, -0.1) is 0 Å². The summed E-state index contributed by atoms with van der Waals surface area (Å²) < 4.78 is 0. The van der Waals surface area contributed by atoms with E-state index in [0.29, 0.717) is 12.2 Å². The SMILES string of the molecule is CCN(CC)CCNC1CC(=O)N(c2ccccc2)C1=O. The fourth-order valence-corrected chi connectivity index (χ4v) is 2.58. The number of amides is 2. The van der Waals surface area contributed by atoms with Crippen LogP contribution in [0.5, 0.6) is 0 Å². The Kier molecular flexibility index (Phi) is 5.47. The second-order valence-corrected chi connectivity index (χ2v) is 5.14. The van der Waals surface area contributed by atoms with E-state index in [1.165, 1.54) is 4.90 Å². The smallest absolute Gasteiger partial charge is 0.251 e. The highest BCUT2D eigenvalue weighted by molar-refractivity contribution is 6.22. The van der Waals surface area contributed by atoms with Crippen LogP contribution in [-0.4, -0.2) is 48.9 Å². The van der Waals surface area contributed by atoms with Crippen molar-refractivity contribution in [1.29, 1.82) is 0 Å². The van der Waals surface area contributed by atoms with Crippen molar-refractivity contribution in [1.82, 2.24) is 10.2 Å². The van der Waals surface area contributed by atoms with Crippen molar-refractivity contribution in [3.63, 3.8) is 0 Å². The number of anilines is 1. The van der Waals surface area contributed by atoms with Crippen molar-refractivity contribution in [2.45, 2.75) is 26.3 Å². The number of hydrogen-bond donors (Lipinski definition) is 1. The van der Waals surface area contributed by atoms with E-state index in [4.69, 9.17) is 0 Å². The lowest BCUT2D eigenvalue weighted by Crippen LogP contribution is -2.42. The van der Waals surface area contributed by atoms with Crippen molar-refractivity contribution < 1.29 is 9.59 Å². The van der Waals surface area contributed by atoms with E-state index in [0.717, 1.165) is 19.6 Å². The zero-order valence-electron chi connectivity index (χ0n) is 12.7. The minimum atomic E-state index is -0.395. The van der Waals surface area contributed by atoms with Gasteiger partial charge >= 0.3 is 0 Å². The van der Waals surface area contributed by atoms with Gasteiger partial charge in [-0.25, -0.2) is 4.90 Å². The number of carbonyl (C=O) groups is 2. The van der Waals surface area contributed by atoms with Gasteiger partial charge in [0, 0.05) is 13.1 Å². The molecule has 0 bridgehead atoms. The summed E-state index contributed by atoms with van der Waals surface area (Å²) in [6.07, 6.45) is 0.242. The molecule has 1 N–H and O–H groups in total. The van der Waals surface area contributed by atoms with Crippen LogP contribution in [0.25, 0.3) is 0 Å². The Labute approximate surface area is 125 Å². The van der Waals surface area contributed by atoms with Gasteiger partial charge in [0.05, 0.1) is 18.2 Å². The molecule has 1 fully saturated rings. The Morgan fingerprint density at radius 2 is 1.86 bits per heavy atom. The van der Waals surface area contributed by atoms with Crippen LogP contribution in [0.2, 0.25) is 0 Å². The first kappa shape index (κ1) is 15.7. The number of nitrogens with zero attached hydrogens (tertiary/aromatic N) is 2. The number of rotatable bonds is 7. The zero-order valence-corrected chi connectivity index (χ0v) is 12.7. The second kappa shape index (κ2) is 7.33. The van der Waals surface area contributed by atoms with Crippen molar-refractivity contribution in [3.05, 3.63) is 30.3 Å². The lowest BCUT2D eigenvalue weighted by Gasteiger charge is -2.19. The molecule has 1 aromatic carbocycles. The molecule has 114 valence electrons. The fraction of sp³-hybridized carbons (Fsp3) is 0.500. The quantitative estimate of drug-likeness (QED) is 0.768. The largest absolute Gasteiger partial charge is 0.304 e. The Hall–Kier alpha value is -1.72. The molecule has 1 atom stereocenters. The lowest BCUT2D eigenvalue weighted by atomic mass is 10.2. The monoisotopic (exact) mass is 289 g/mol. The summed E-state index contributed by atoms with van der Waals surface area (Å²) in [4.78, 5) is 28.0. The predicted molar refractivity (Wildman–Crippen MR) is 83.1 cm³/mol. The molecule has 0 radical (unpaired) electrons. The van der Waals surface area contributed by atoms with Crippen LogP contribution in [0.3, 0.4) is 0 Å². The number of carbonyl (C=O) groups excluding carboxylic acids is 2. The average molecular weight is 289 g/mol. The van der Waals surface area contributed by atoms with Gasteiger partial charge in [-0.3, -0.25) is 9.59 Å². The first-order chi connectivity index (χ1) is 10.2. The summed E-state index contributed by atoms with van der Waals surface area (Å²) >= 11 is 0. The molecule has 5 heteroatoms. The maximum absolute atomic E-state index is 12.4.